The molecule has 0 radical (unpaired) electrons. The molecule has 0 bridgehead atoms. The van der Waals surface area contributed by atoms with E-state index in [4.69, 9.17) is 9.47 Å². The highest BCUT2D eigenvalue weighted by Gasteiger charge is 2.34. The van der Waals surface area contributed by atoms with Crippen LogP contribution in [0.2, 0.25) is 0 Å². The molecule has 0 fully saturated rings. The van der Waals surface area contributed by atoms with Crippen LogP contribution in [0.1, 0.15) is 52.0 Å². The summed E-state index contributed by atoms with van der Waals surface area (Å²) in [4.78, 5) is 27.1. The van der Waals surface area contributed by atoms with Gasteiger partial charge >= 0.3 is 12.1 Å². The van der Waals surface area contributed by atoms with Crippen LogP contribution in [0.15, 0.2) is 54.6 Å². The molecule has 1 amide bonds. The highest BCUT2D eigenvalue weighted by molar-refractivity contribution is 5.85. The first-order valence-corrected chi connectivity index (χ1v) is 11.8. The van der Waals surface area contributed by atoms with Gasteiger partial charge in [0.25, 0.3) is 0 Å². The molecule has 0 aliphatic carbocycles. The number of rotatable bonds is 6. The molecule has 0 saturated heterocycles. The minimum atomic E-state index is -1.42. The Kier molecular flexibility index (Phi) is 7.22. The van der Waals surface area contributed by atoms with Crippen LogP contribution in [0, 0.1) is 20.8 Å². The van der Waals surface area contributed by atoms with Crippen molar-refractivity contribution < 1.29 is 24.2 Å². The predicted octanol–water partition coefficient (Wildman–Crippen LogP) is 5.53. The van der Waals surface area contributed by atoms with Crippen LogP contribution >= 0.6 is 0 Å². The number of esters is 1. The van der Waals surface area contributed by atoms with Gasteiger partial charge in [-0.3, -0.25) is 4.90 Å². The van der Waals surface area contributed by atoms with Crippen molar-refractivity contribution >= 4 is 12.1 Å². The number of aliphatic hydroxyl groups is 1. The first kappa shape index (κ1) is 24.5. The van der Waals surface area contributed by atoms with E-state index in [2.05, 4.69) is 0 Å². The van der Waals surface area contributed by atoms with Crippen LogP contribution in [-0.2, 0) is 34.0 Å². The van der Waals surface area contributed by atoms with Crippen molar-refractivity contribution in [3.8, 4) is 11.1 Å². The van der Waals surface area contributed by atoms with Crippen molar-refractivity contribution in [1.82, 2.24) is 4.90 Å². The lowest BCUT2D eigenvalue weighted by Gasteiger charge is -2.23. The van der Waals surface area contributed by atoms with E-state index in [9.17, 15) is 14.7 Å². The SMILES string of the molecule is CCOC(=O)C(O)c1c(C)c2c(c(C)c1-c1ccc(C)cc1)CN(C(=O)OCc1ccccc1)C2. The molecule has 1 aliphatic heterocycles. The summed E-state index contributed by atoms with van der Waals surface area (Å²) in [6, 6.07) is 17.6. The van der Waals surface area contributed by atoms with E-state index < -0.39 is 18.2 Å². The standard InChI is InChI=1S/C29H31NO5/c1-5-34-28(32)27(31)26-20(4)24-16-30(29(33)35-17-21-9-7-6-8-10-21)15-23(24)19(3)25(26)22-13-11-18(2)12-14-22/h6-14,27,31H,5,15-17H2,1-4H3. The number of ether oxygens (including phenoxy) is 2. The summed E-state index contributed by atoms with van der Waals surface area (Å²) in [7, 11) is 0. The first-order chi connectivity index (χ1) is 16.8. The van der Waals surface area contributed by atoms with Crippen LogP contribution < -0.4 is 0 Å². The van der Waals surface area contributed by atoms with Crippen molar-refractivity contribution in [2.24, 2.45) is 0 Å². The maximum Gasteiger partial charge on any atom is 0.410 e. The van der Waals surface area contributed by atoms with Crippen LogP contribution in [0.25, 0.3) is 11.1 Å². The van der Waals surface area contributed by atoms with Gasteiger partial charge in [0.1, 0.15) is 6.61 Å². The van der Waals surface area contributed by atoms with Crippen molar-refractivity contribution in [2.45, 2.75) is 53.5 Å². The van der Waals surface area contributed by atoms with Crippen LogP contribution in [0.5, 0.6) is 0 Å². The zero-order chi connectivity index (χ0) is 25.1. The lowest BCUT2D eigenvalue weighted by molar-refractivity contribution is -0.153. The molecule has 1 aliphatic rings. The number of carbonyl (C=O) groups excluding carboxylic acids is 2. The number of aliphatic hydroxyl groups excluding tert-OH is 1. The summed E-state index contributed by atoms with van der Waals surface area (Å²) in [5, 5.41) is 11.1. The average Bonchev–Trinajstić information content (AvgIpc) is 3.32. The molecule has 0 saturated carbocycles. The Balaban J connectivity index is 1.71. The summed E-state index contributed by atoms with van der Waals surface area (Å²) in [6.07, 6.45) is -1.82. The Morgan fingerprint density at radius 3 is 2.17 bits per heavy atom. The lowest BCUT2D eigenvalue weighted by atomic mass is 9.83. The quantitative estimate of drug-likeness (QED) is 0.477. The molecule has 4 rings (SSSR count). The van der Waals surface area contributed by atoms with E-state index in [1.54, 1.807) is 11.8 Å². The fourth-order valence-corrected chi connectivity index (χ4v) is 4.73. The normalized spacial score (nSPS) is 13.3. The Labute approximate surface area is 206 Å². The summed E-state index contributed by atoms with van der Waals surface area (Å²) >= 11 is 0. The highest BCUT2D eigenvalue weighted by Crippen LogP contribution is 2.42. The lowest BCUT2D eigenvalue weighted by Crippen LogP contribution is -2.26. The van der Waals surface area contributed by atoms with E-state index in [1.165, 1.54) is 0 Å². The summed E-state index contributed by atoms with van der Waals surface area (Å²) < 4.78 is 10.7. The minimum Gasteiger partial charge on any atom is -0.464 e. The average molecular weight is 474 g/mol. The van der Waals surface area contributed by atoms with Gasteiger partial charge in [0.2, 0.25) is 0 Å². The van der Waals surface area contributed by atoms with Gasteiger partial charge in [0, 0.05) is 18.7 Å². The number of hydrogen-bond donors (Lipinski definition) is 1. The Hall–Kier alpha value is -3.64. The molecule has 1 N–H and O–H groups in total. The number of amides is 1. The molecule has 3 aromatic rings. The first-order valence-electron chi connectivity index (χ1n) is 11.8. The van der Waals surface area contributed by atoms with Gasteiger partial charge in [-0.2, -0.15) is 0 Å². The number of fused-ring (bicyclic) bond motifs is 1. The number of benzene rings is 3. The molecule has 182 valence electrons. The van der Waals surface area contributed by atoms with Crippen LogP contribution in [0.4, 0.5) is 4.79 Å². The van der Waals surface area contributed by atoms with Gasteiger partial charge in [0.15, 0.2) is 6.10 Å². The summed E-state index contributed by atoms with van der Waals surface area (Å²) in [5.74, 6) is -0.680. The van der Waals surface area contributed by atoms with Crippen molar-refractivity contribution in [3.63, 3.8) is 0 Å². The molecule has 35 heavy (non-hydrogen) atoms. The predicted molar refractivity (Wildman–Crippen MR) is 134 cm³/mol. The van der Waals surface area contributed by atoms with Gasteiger partial charge in [-0.15, -0.1) is 0 Å². The van der Waals surface area contributed by atoms with E-state index in [0.29, 0.717) is 18.7 Å². The molecule has 1 atom stereocenters. The van der Waals surface area contributed by atoms with Crippen LogP contribution in [-0.4, -0.2) is 28.7 Å². The van der Waals surface area contributed by atoms with Crippen LogP contribution in [0.3, 0.4) is 0 Å². The van der Waals surface area contributed by atoms with E-state index in [-0.39, 0.29) is 13.2 Å². The Bertz CT molecular complexity index is 1230. The largest absolute Gasteiger partial charge is 0.464 e. The van der Waals surface area contributed by atoms with Gasteiger partial charge in [0.05, 0.1) is 6.61 Å². The zero-order valence-corrected chi connectivity index (χ0v) is 20.6. The fraction of sp³-hybridized carbons (Fsp3) is 0.310. The number of carbonyl (C=O) groups is 2. The van der Waals surface area contributed by atoms with Gasteiger partial charge in [-0.25, -0.2) is 9.59 Å². The monoisotopic (exact) mass is 473 g/mol. The Morgan fingerprint density at radius 2 is 1.54 bits per heavy atom. The van der Waals surface area contributed by atoms with Crippen molar-refractivity contribution in [1.29, 1.82) is 0 Å². The molecule has 0 aromatic heterocycles. The molecule has 1 heterocycles. The van der Waals surface area contributed by atoms with E-state index >= 15 is 0 Å². The summed E-state index contributed by atoms with van der Waals surface area (Å²) in [6.45, 7) is 8.74. The smallest absolute Gasteiger partial charge is 0.410 e. The number of hydrogen-bond acceptors (Lipinski definition) is 5. The van der Waals surface area contributed by atoms with E-state index in [1.807, 2.05) is 75.4 Å². The molecule has 1 unspecified atom stereocenters. The van der Waals surface area contributed by atoms with E-state index in [0.717, 1.165) is 44.5 Å². The second-order valence-corrected chi connectivity index (χ2v) is 8.91. The molecule has 0 spiro atoms. The fourth-order valence-electron chi connectivity index (χ4n) is 4.73. The van der Waals surface area contributed by atoms with Gasteiger partial charge in [-0.1, -0.05) is 60.2 Å². The minimum absolute atomic E-state index is 0.180. The molecular formula is C29H31NO5. The molecular weight excluding hydrogens is 442 g/mol. The zero-order valence-electron chi connectivity index (χ0n) is 20.6. The maximum atomic E-state index is 12.9. The summed E-state index contributed by atoms with van der Waals surface area (Å²) in [5.41, 5.74) is 7.97. The Morgan fingerprint density at radius 1 is 0.914 bits per heavy atom. The third kappa shape index (κ3) is 4.93. The second kappa shape index (κ2) is 10.3. The van der Waals surface area contributed by atoms with Gasteiger partial charge in [-0.05, 0) is 66.6 Å². The number of aryl methyl sites for hydroxylation is 1. The van der Waals surface area contributed by atoms with Gasteiger partial charge < -0.3 is 14.6 Å². The van der Waals surface area contributed by atoms with Crippen molar-refractivity contribution in [3.05, 3.63) is 93.5 Å². The second-order valence-electron chi connectivity index (χ2n) is 8.91. The maximum absolute atomic E-state index is 12.9. The molecule has 3 aromatic carbocycles. The molecule has 6 nitrogen and oxygen atoms in total. The highest BCUT2D eigenvalue weighted by atomic mass is 16.6. The topological polar surface area (TPSA) is 76.1 Å². The third-order valence-corrected chi connectivity index (χ3v) is 6.60. The number of nitrogens with zero attached hydrogens (tertiary/aromatic N) is 1. The third-order valence-electron chi connectivity index (χ3n) is 6.60. The van der Waals surface area contributed by atoms with Crippen molar-refractivity contribution in [2.75, 3.05) is 6.61 Å². The molecule has 6 heteroatoms.